The highest BCUT2D eigenvalue weighted by atomic mass is 16.5. The zero-order chi connectivity index (χ0) is 23.0. The lowest BCUT2D eigenvalue weighted by Gasteiger charge is -2.27. The van der Waals surface area contributed by atoms with E-state index in [9.17, 15) is 14.4 Å². The number of morpholine rings is 1. The number of rotatable bonds is 3. The van der Waals surface area contributed by atoms with Crippen LogP contribution >= 0.6 is 0 Å². The van der Waals surface area contributed by atoms with Gasteiger partial charge in [-0.25, -0.2) is 0 Å². The van der Waals surface area contributed by atoms with E-state index in [1.807, 2.05) is 12.3 Å². The van der Waals surface area contributed by atoms with Crippen LogP contribution in [0.25, 0.3) is 43.6 Å². The lowest BCUT2D eigenvalue weighted by atomic mass is 9.97. The number of hydrogen-bond acceptors (Lipinski definition) is 5. The molecule has 0 atom stereocenters. The van der Waals surface area contributed by atoms with Gasteiger partial charge in [-0.15, -0.1) is 0 Å². The van der Waals surface area contributed by atoms with Gasteiger partial charge in [0, 0.05) is 66.2 Å². The van der Waals surface area contributed by atoms with Crippen LogP contribution in [0.2, 0.25) is 0 Å². The van der Waals surface area contributed by atoms with E-state index < -0.39 is 11.8 Å². The minimum Gasteiger partial charge on any atom is -0.379 e. The molecule has 3 aromatic heterocycles. The Kier molecular flexibility index (Phi) is 4.03. The fraction of sp³-hybridized carbons (Fsp3) is 0.240. The predicted molar refractivity (Wildman–Crippen MR) is 128 cm³/mol. The van der Waals surface area contributed by atoms with Crippen LogP contribution in [-0.2, 0) is 11.3 Å². The topological polar surface area (TPSA) is 112 Å². The third-order valence-corrected chi connectivity index (χ3v) is 7.09. The van der Waals surface area contributed by atoms with Crippen molar-refractivity contribution in [2.45, 2.75) is 6.54 Å². The SMILES string of the molecule is O=C1NC(=O)c2c1c1c3cc[nH]cc3[nH]c1c1c2c2ccc(=O)cc2n1CCN1CCOCC1. The van der Waals surface area contributed by atoms with E-state index in [-0.39, 0.29) is 5.43 Å². The number of fused-ring (bicyclic) bond motifs is 10. The number of nitrogens with zero attached hydrogens (tertiary/aromatic N) is 2. The summed E-state index contributed by atoms with van der Waals surface area (Å²) in [6, 6.07) is 6.81. The van der Waals surface area contributed by atoms with E-state index >= 15 is 0 Å². The summed E-state index contributed by atoms with van der Waals surface area (Å²) in [5, 5.41) is 5.60. The minimum atomic E-state index is -0.401. The van der Waals surface area contributed by atoms with Crippen LogP contribution in [0.4, 0.5) is 0 Å². The summed E-state index contributed by atoms with van der Waals surface area (Å²) in [4.78, 5) is 47.3. The summed E-state index contributed by atoms with van der Waals surface area (Å²) in [7, 11) is 0. The Labute approximate surface area is 192 Å². The highest BCUT2D eigenvalue weighted by Gasteiger charge is 2.35. The Balaban J connectivity index is 1.63. The van der Waals surface area contributed by atoms with Gasteiger partial charge in [-0.1, -0.05) is 0 Å². The Morgan fingerprint density at radius 2 is 1.71 bits per heavy atom. The lowest BCUT2D eigenvalue weighted by Crippen LogP contribution is -2.38. The predicted octanol–water partition coefficient (Wildman–Crippen LogP) is 2.33. The van der Waals surface area contributed by atoms with Gasteiger partial charge in [0.1, 0.15) is 0 Å². The van der Waals surface area contributed by atoms with Crippen LogP contribution < -0.4 is 10.7 Å². The number of imide groups is 1. The second-order valence-corrected chi connectivity index (χ2v) is 8.89. The van der Waals surface area contributed by atoms with Crippen LogP contribution in [0.15, 0.2) is 41.5 Å². The van der Waals surface area contributed by atoms with Crippen LogP contribution in [-0.4, -0.2) is 64.1 Å². The summed E-state index contributed by atoms with van der Waals surface area (Å²) in [6.45, 7) is 4.53. The fourth-order valence-electron chi connectivity index (χ4n) is 5.59. The third-order valence-electron chi connectivity index (χ3n) is 7.09. The Hall–Kier alpha value is -3.95. The standard InChI is InChI=1S/C25H21N5O4/c31-13-1-2-15-17(11-13)30(6-5-29-7-9-34-10-8-29)23-19(15)21-20(24(32)28-25(21)33)18-14-3-4-26-12-16(14)27-22(18)23/h1-4,11-12,26-27H,5-10H2,(H,28,32,33). The fourth-order valence-corrected chi connectivity index (χ4v) is 5.59. The maximum atomic E-state index is 13.1. The molecule has 34 heavy (non-hydrogen) atoms. The number of carbonyl (C=O) groups is 2. The molecular formula is C25H21N5O4. The van der Waals surface area contributed by atoms with E-state index in [1.54, 1.807) is 18.3 Å². The summed E-state index contributed by atoms with van der Waals surface area (Å²) < 4.78 is 7.61. The van der Waals surface area contributed by atoms with Gasteiger partial charge in [-0.3, -0.25) is 24.6 Å². The molecule has 2 aromatic carbocycles. The molecule has 9 heteroatoms. The molecule has 0 aliphatic carbocycles. The summed E-state index contributed by atoms with van der Waals surface area (Å²) >= 11 is 0. The van der Waals surface area contributed by atoms with Crippen LogP contribution in [0.1, 0.15) is 20.7 Å². The molecule has 1 saturated heterocycles. The molecule has 1 fully saturated rings. The van der Waals surface area contributed by atoms with E-state index in [1.165, 1.54) is 6.07 Å². The minimum absolute atomic E-state index is 0.0948. The number of H-pyrrole nitrogens is 2. The first kappa shape index (κ1) is 19.5. The summed E-state index contributed by atoms with van der Waals surface area (Å²) in [5.41, 5.74) is 3.92. The second-order valence-electron chi connectivity index (χ2n) is 8.89. The smallest absolute Gasteiger partial charge is 0.259 e. The normalized spacial score (nSPS) is 16.8. The lowest BCUT2D eigenvalue weighted by molar-refractivity contribution is 0.0366. The van der Waals surface area contributed by atoms with Gasteiger partial charge in [0.15, 0.2) is 5.43 Å². The second kappa shape index (κ2) is 7.02. The molecule has 170 valence electrons. The largest absolute Gasteiger partial charge is 0.379 e. The molecular weight excluding hydrogens is 434 g/mol. The van der Waals surface area contributed by atoms with E-state index in [0.717, 1.165) is 57.9 Å². The van der Waals surface area contributed by atoms with Gasteiger partial charge >= 0.3 is 0 Å². The van der Waals surface area contributed by atoms with Crippen molar-refractivity contribution in [3.05, 3.63) is 58.0 Å². The number of carbonyl (C=O) groups excluding carboxylic acids is 2. The molecule has 0 bridgehead atoms. The van der Waals surface area contributed by atoms with E-state index in [2.05, 4.69) is 24.8 Å². The first-order valence-electron chi connectivity index (χ1n) is 11.4. The highest BCUT2D eigenvalue weighted by molar-refractivity contribution is 6.39. The van der Waals surface area contributed by atoms with Crippen molar-refractivity contribution in [3.63, 3.8) is 0 Å². The molecule has 3 N–H and O–H groups in total. The maximum Gasteiger partial charge on any atom is 0.259 e. The Bertz CT molecular complexity index is 1740. The molecule has 2 aliphatic rings. The number of nitrogens with one attached hydrogen (secondary N) is 3. The van der Waals surface area contributed by atoms with Gasteiger partial charge in [-0.05, 0) is 18.2 Å². The molecule has 2 amide bonds. The van der Waals surface area contributed by atoms with Crippen molar-refractivity contribution < 1.29 is 14.3 Å². The maximum absolute atomic E-state index is 13.1. The highest BCUT2D eigenvalue weighted by Crippen LogP contribution is 2.43. The van der Waals surface area contributed by atoms with Crippen molar-refractivity contribution in [3.8, 4) is 0 Å². The number of ether oxygens (including phenoxy) is 1. The first-order valence-corrected chi connectivity index (χ1v) is 11.4. The Morgan fingerprint density at radius 1 is 0.912 bits per heavy atom. The van der Waals surface area contributed by atoms with Gasteiger partial charge in [0.2, 0.25) is 0 Å². The zero-order valence-electron chi connectivity index (χ0n) is 18.2. The number of aromatic amines is 2. The number of amides is 2. The van der Waals surface area contributed by atoms with Crippen LogP contribution in [0.3, 0.4) is 0 Å². The zero-order valence-corrected chi connectivity index (χ0v) is 18.2. The molecule has 5 heterocycles. The molecule has 5 aromatic rings. The van der Waals surface area contributed by atoms with Crippen LogP contribution in [0.5, 0.6) is 0 Å². The average molecular weight is 455 g/mol. The van der Waals surface area contributed by atoms with Crippen molar-refractivity contribution in [2.75, 3.05) is 32.8 Å². The van der Waals surface area contributed by atoms with Gasteiger partial charge in [-0.2, -0.15) is 0 Å². The summed E-state index contributed by atoms with van der Waals surface area (Å²) in [6.07, 6.45) is 3.65. The first-order chi connectivity index (χ1) is 16.6. The molecule has 9 nitrogen and oxygen atoms in total. The molecule has 2 aliphatic heterocycles. The van der Waals surface area contributed by atoms with Gasteiger partial charge in [0.25, 0.3) is 11.8 Å². The van der Waals surface area contributed by atoms with Crippen molar-refractivity contribution in [2.24, 2.45) is 0 Å². The summed E-state index contributed by atoms with van der Waals surface area (Å²) in [5.74, 6) is -0.794. The molecule has 7 rings (SSSR count). The molecule has 0 spiro atoms. The van der Waals surface area contributed by atoms with Gasteiger partial charge < -0.3 is 19.3 Å². The Morgan fingerprint density at radius 3 is 2.53 bits per heavy atom. The third kappa shape index (κ3) is 2.59. The van der Waals surface area contributed by atoms with E-state index in [4.69, 9.17) is 4.74 Å². The number of pyridine rings is 1. The molecule has 0 radical (unpaired) electrons. The molecule has 0 unspecified atom stereocenters. The average Bonchev–Trinajstić information content (AvgIpc) is 3.47. The van der Waals surface area contributed by atoms with Gasteiger partial charge in [0.05, 0.1) is 46.4 Å². The number of hydrogen-bond donors (Lipinski definition) is 3. The van der Waals surface area contributed by atoms with E-state index in [0.29, 0.717) is 36.3 Å². The number of aromatic nitrogens is 3. The van der Waals surface area contributed by atoms with Crippen molar-refractivity contribution in [1.82, 2.24) is 24.8 Å². The quantitative estimate of drug-likeness (QED) is 0.362. The van der Waals surface area contributed by atoms with Crippen molar-refractivity contribution >= 4 is 55.4 Å². The monoisotopic (exact) mass is 455 g/mol. The molecule has 0 saturated carbocycles. The van der Waals surface area contributed by atoms with Crippen LogP contribution in [0, 0.1) is 0 Å². The number of benzene rings is 2. The van der Waals surface area contributed by atoms with Crippen molar-refractivity contribution in [1.29, 1.82) is 0 Å².